The zero-order valence-electron chi connectivity index (χ0n) is 25.8. The summed E-state index contributed by atoms with van der Waals surface area (Å²) in [6.07, 6.45) is 6.88. The number of rotatable bonds is 13. The van der Waals surface area contributed by atoms with Crippen molar-refractivity contribution in [2.24, 2.45) is 0 Å². The molecule has 2 unspecified atom stereocenters. The van der Waals surface area contributed by atoms with Gasteiger partial charge in [-0.15, -0.1) is 0 Å². The Labute approximate surface area is 251 Å². The summed E-state index contributed by atoms with van der Waals surface area (Å²) in [6.45, 7) is 8.96. The average Bonchev–Trinajstić information content (AvgIpc) is 3.43. The van der Waals surface area contributed by atoms with Gasteiger partial charge in [-0.25, -0.2) is 4.68 Å². The Morgan fingerprint density at radius 1 is 0.810 bits per heavy atom. The first-order valence-electron chi connectivity index (χ1n) is 15.4. The van der Waals surface area contributed by atoms with E-state index in [2.05, 4.69) is 74.3 Å². The number of aryl methyl sites for hydroxylation is 1. The fourth-order valence-corrected chi connectivity index (χ4v) is 6.48. The maximum Gasteiger partial charge on any atom is 0.0964 e. The first-order chi connectivity index (χ1) is 20.5. The van der Waals surface area contributed by atoms with Crippen molar-refractivity contribution in [1.82, 2.24) is 9.78 Å². The third-order valence-electron chi connectivity index (χ3n) is 8.81. The summed E-state index contributed by atoms with van der Waals surface area (Å²) in [7, 11) is 3.65. The molecule has 1 fully saturated rings. The molecule has 0 aliphatic heterocycles. The lowest BCUT2D eigenvalue weighted by atomic mass is 9.62. The van der Waals surface area contributed by atoms with Crippen LogP contribution in [-0.4, -0.2) is 49.3 Å². The SMILES string of the molecule is CCCCN(CCCC)c1ccc(C2C(OC)C(c3cn(-c4ccc(N)cc4)nc3-c3ccccc3)C2OC)c(C)c1. The van der Waals surface area contributed by atoms with Crippen molar-refractivity contribution in [3.63, 3.8) is 0 Å². The lowest BCUT2D eigenvalue weighted by Gasteiger charge is -2.51. The molecule has 1 saturated carbocycles. The topological polar surface area (TPSA) is 65.5 Å². The van der Waals surface area contributed by atoms with Crippen molar-refractivity contribution in [3.8, 4) is 16.9 Å². The van der Waals surface area contributed by atoms with Gasteiger partial charge >= 0.3 is 0 Å². The van der Waals surface area contributed by atoms with Gasteiger partial charge < -0.3 is 20.1 Å². The average molecular weight is 567 g/mol. The molecule has 1 aliphatic carbocycles. The van der Waals surface area contributed by atoms with Crippen LogP contribution in [-0.2, 0) is 9.47 Å². The van der Waals surface area contributed by atoms with Crippen LogP contribution in [0.4, 0.5) is 11.4 Å². The van der Waals surface area contributed by atoms with E-state index >= 15 is 0 Å². The highest BCUT2D eigenvalue weighted by Crippen LogP contribution is 2.53. The number of benzene rings is 3. The number of nitrogens with two attached hydrogens (primary N) is 1. The zero-order valence-corrected chi connectivity index (χ0v) is 25.8. The molecule has 1 aromatic heterocycles. The Bertz CT molecular complexity index is 1410. The molecule has 1 heterocycles. The number of methoxy groups -OCH3 is 2. The molecule has 4 aromatic rings. The van der Waals surface area contributed by atoms with Gasteiger partial charge in [-0.2, -0.15) is 5.10 Å². The summed E-state index contributed by atoms with van der Waals surface area (Å²) in [5.41, 5.74) is 14.7. The van der Waals surface area contributed by atoms with Crippen molar-refractivity contribution in [2.75, 3.05) is 37.9 Å². The van der Waals surface area contributed by atoms with E-state index in [4.69, 9.17) is 20.3 Å². The normalized spacial score (nSPS) is 19.9. The second kappa shape index (κ2) is 13.6. The lowest BCUT2D eigenvalue weighted by molar-refractivity contribution is -0.115. The Balaban J connectivity index is 1.50. The van der Waals surface area contributed by atoms with Crippen LogP contribution >= 0.6 is 0 Å². The van der Waals surface area contributed by atoms with E-state index in [0.717, 1.165) is 41.3 Å². The van der Waals surface area contributed by atoms with Gasteiger partial charge in [-0.1, -0.05) is 63.1 Å². The minimum absolute atomic E-state index is 0.0346. The Hall–Kier alpha value is -3.61. The molecule has 0 spiro atoms. The molecule has 0 amide bonds. The maximum absolute atomic E-state index is 6.27. The van der Waals surface area contributed by atoms with Crippen molar-refractivity contribution >= 4 is 11.4 Å². The van der Waals surface area contributed by atoms with Crippen LogP contribution in [0.15, 0.2) is 79.0 Å². The number of aromatic nitrogens is 2. The van der Waals surface area contributed by atoms with E-state index in [9.17, 15) is 0 Å². The van der Waals surface area contributed by atoms with Crippen molar-refractivity contribution in [3.05, 3.63) is 95.7 Å². The standard InChI is InChI=1S/C36H46N4O2/c1-6-8-21-39(22-9-7-2)29-19-20-30(25(3)23-29)32-35(41-4)33(36(32)42-5)31-24-40(28-17-15-27(37)16-18-28)38-34(31)26-13-11-10-12-14-26/h10-20,23-24,32-33,35-36H,6-9,21-22,37H2,1-5H3. The Morgan fingerprint density at radius 3 is 2.00 bits per heavy atom. The van der Waals surface area contributed by atoms with Gasteiger partial charge in [-0.3, -0.25) is 0 Å². The molecule has 3 aromatic carbocycles. The molecule has 42 heavy (non-hydrogen) atoms. The number of nitrogens with zero attached hydrogens (tertiary/aromatic N) is 3. The fourth-order valence-electron chi connectivity index (χ4n) is 6.48. The number of hydrogen-bond donors (Lipinski definition) is 1. The smallest absolute Gasteiger partial charge is 0.0964 e. The van der Waals surface area contributed by atoms with E-state index in [1.165, 1.54) is 42.5 Å². The minimum Gasteiger partial charge on any atom is -0.399 e. The number of nitrogen functional groups attached to an aromatic ring is 1. The molecule has 1 aliphatic rings. The first kappa shape index (κ1) is 29.9. The summed E-state index contributed by atoms with van der Waals surface area (Å²) in [5, 5.41) is 5.08. The third kappa shape index (κ3) is 5.97. The Kier molecular flexibility index (Phi) is 9.65. The second-order valence-electron chi connectivity index (χ2n) is 11.5. The van der Waals surface area contributed by atoms with Crippen LogP contribution in [0.1, 0.15) is 68.1 Å². The van der Waals surface area contributed by atoms with Gasteiger partial charge in [0.15, 0.2) is 0 Å². The van der Waals surface area contributed by atoms with Gasteiger partial charge in [0.25, 0.3) is 0 Å². The summed E-state index contributed by atoms with van der Waals surface area (Å²) >= 11 is 0. The number of anilines is 2. The molecule has 6 heteroatoms. The monoisotopic (exact) mass is 566 g/mol. The minimum atomic E-state index is -0.0395. The molecular formula is C36H46N4O2. The predicted octanol–water partition coefficient (Wildman–Crippen LogP) is 7.75. The van der Waals surface area contributed by atoms with Crippen LogP contribution in [0.5, 0.6) is 0 Å². The van der Waals surface area contributed by atoms with Crippen molar-refractivity contribution < 1.29 is 9.47 Å². The predicted molar refractivity (Wildman–Crippen MR) is 174 cm³/mol. The van der Waals surface area contributed by atoms with Crippen LogP contribution in [0.3, 0.4) is 0 Å². The van der Waals surface area contributed by atoms with Gasteiger partial charge in [0.05, 0.1) is 23.6 Å². The summed E-state index contributed by atoms with van der Waals surface area (Å²) in [4.78, 5) is 2.55. The second-order valence-corrected chi connectivity index (χ2v) is 11.5. The van der Waals surface area contributed by atoms with Crippen LogP contribution in [0.25, 0.3) is 16.9 Å². The highest BCUT2D eigenvalue weighted by atomic mass is 16.5. The maximum atomic E-state index is 6.27. The highest BCUT2D eigenvalue weighted by Gasteiger charge is 2.54. The number of ether oxygens (including phenoxy) is 2. The first-order valence-corrected chi connectivity index (χ1v) is 15.4. The quantitative estimate of drug-likeness (QED) is 0.168. The molecule has 222 valence electrons. The molecule has 5 rings (SSSR count). The summed E-state index contributed by atoms with van der Waals surface area (Å²) < 4.78 is 14.5. The van der Waals surface area contributed by atoms with Crippen molar-refractivity contribution in [2.45, 2.75) is 70.5 Å². The van der Waals surface area contributed by atoms with E-state index in [-0.39, 0.29) is 24.0 Å². The van der Waals surface area contributed by atoms with E-state index < -0.39 is 0 Å². The largest absolute Gasteiger partial charge is 0.399 e. The van der Waals surface area contributed by atoms with Gasteiger partial charge in [-0.05, 0) is 67.3 Å². The van der Waals surface area contributed by atoms with Crippen LogP contribution in [0, 0.1) is 6.92 Å². The molecule has 2 N–H and O–H groups in total. The fraction of sp³-hybridized carbons (Fsp3) is 0.417. The Morgan fingerprint density at radius 2 is 1.43 bits per heavy atom. The third-order valence-corrected chi connectivity index (χ3v) is 8.81. The molecule has 6 nitrogen and oxygen atoms in total. The van der Waals surface area contributed by atoms with Gasteiger partial charge in [0.1, 0.15) is 0 Å². The molecule has 0 bridgehead atoms. The molecular weight excluding hydrogens is 520 g/mol. The number of hydrogen-bond acceptors (Lipinski definition) is 5. The van der Waals surface area contributed by atoms with E-state index in [1.807, 2.05) is 49.2 Å². The van der Waals surface area contributed by atoms with Crippen molar-refractivity contribution in [1.29, 1.82) is 0 Å². The molecule has 0 radical (unpaired) electrons. The number of unbranched alkanes of at least 4 members (excludes halogenated alkanes) is 2. The summed E-state index contributed by atoms with van der Waals surface area (Å²) in [5.74, 6) is 0.162. The van der Waals surface area contributed by atoms with Crippen LogP contribution in [0.2, 0.25) is 0 Å². The molecule has 2 atom stereocenters. The molecule has 0 saturated heterocycles. The van der Waals surface area contributed by atoms with E-state index in [0.29, 0.717) is 0 Å². The highest BCUT2D eigenvalue weighted by molar-refractivity contribution is 5.65. The van der Waals surface area contributed by atoms with E-state index in [1.54, 1.807) is 0 Å². The van der Waals surface area contributed by atoms with Gasteiger partial charge in [0.2, 0.25) is 0 Å². The lowest BCUT2D eigenvalue weighted by Crippen LogP contribution is -2.53. The van der Waals surface area contributed by atoms with Crippen LogP contribution < -0.4 is 10.6 Å². The van der Waals surface area contributed by atoms with Gasteiger partial charge in [0, 0.05) is 67.8 Å². The zero-order chi connectivity index (χ0) is 29.6. The summed E-state index contributed by atoms with van der Waals surface area (Å²) in [6, 6.07) is 25.2.